The molecule has 3 aromatic rings. The Balaban J connectivity index is 1.94. The molecule has 0 bridgehead atoms. The molecule has 0 aliphatic heterocycles. The lowest BCUT2D eigenvalue weighted by Gasteiger charge is -2.12. The largest absolute Gasteiger partial charge is 0.410 e. The van der Waals surface area contributed by atoms with Crippen LogP contribution in [0.2, 0.25) is 0 Å². The van der Waals surface area contributed by atoms with Crippen molar-refractivity contribution in [1.82, 2.24) is 0 Å². The molecule has 0 radical (unpaired) electrons. The van der Waals surface area contributed by atoms with E-state index >= 15 is 0 Å². The number of carbonyl (C=O) groups excluding carboxylic acids is 1. The Hall–Kier alpha value is -4.00. The molecule has 0 heterocycles. The first-order valence-corrected chi connectivity index (χ1v) is 8.03. The highest BCUT2D eigenvalue weighted by Gasteiger charge is 2.16. The molecule has 27 heavy (non-hydrogen) atoms. The number of hydrogen-bond donors (Lipinski definition) is 2. The average molecular weight is 361 g/mol. The summed E-state index contributed by atoms with van der Waals surface area (Å²) in [7, 11) is 0. The van der Waals surface area contributed by atoms with Crippen LogP contribution >= 0.6 is 0 Å². The molecule has 0 atom stereocenters. The van der Waals surface area contributed by atoms with E-state index in [9.17, 15) is 20.1 Å². The van der Waals surface area contributed by atoms with Crippen molar-refractivity contribution >= 4 is 23.0 Å². The van der Waals surface area contributed by atoms with E-state index in [-0.39, 0.29) is 11.3 Å². The molecule has 0 fully saturated rings. The van der Waals surface area contributed by atoms with Gasteiger partial charge in [-0.1, -0.05) is 59.8 Å². The molecule has 2 N–H and O–H groups in total. The van der Waals surface area contributed by atoms with E-state index in [1.54, 1.807) is 36.4 Å². The number of nitrogens with zero attached hydrogens (tertiary/aromatic N) is 2. The standard InChI is InChI=1S/C20H15N3O4/c24-20(15-9-6-10-16(13-15)23(26)27)21-18-12-5-4-11-17(18)19(22-25)14-7-2-1-3-8-14/h1-13,25H,(H,21,24). The normalized spacial score (nSPS) is 11.0. The van der Waals surface area contributed by atoms with Crippen molar-refractivity contribution in [2.75, 3.05) is 5.32 Å². The third kappa shape index (κ3) is 3.98. The number of hydrogen-bond acceptors (Lipinski definition) is 5. The number of non-ortho nitro benzene ring substituents is 1. The highest BCUT2D eigenvalue weighted by atomic mass is 16.6. The van der Waals surface area contributed by atoms with Crippen LogP contribution in [0.1, 0.15) is 21.5 Å². The van der Waals surface area contributed by atoms with Gasteiger partial charge in [0.05, 0.1) is 10.6 Å². The fraction of sp³-hybridized carbons (Fsp3) is 0. The number of nitro groups is 1. The Morgan fingerprint density at radius 3 is 2.30 bits per heavy atom. The minimum atomic E-state index is -0.559. The molecule has 7 nitrogen and oxygen atoms in total. The van der Waals surface area contributed by atoms with Gasteiger partial charge >= 0.3 is 0 Å². The van der Waals surface area contributed by atoms with Crippen molar-refractivity contribution in [3.05, 3.63) is 106 Å². The quantitative estimate of drug-likeness (QED) is 0.309. The van der Waals surface area contributed by atoms with E-state index in [4.69, 9.17) is 0 Å². The predicted octanol–water partition coefficient (Wildman–Crippen LogP) is 4.07. The number of carbonyl (C=O) groups is 1. The lowest BCUT2D eigenvalue weighted by Crippen LogP contribution is -2.15. The van der Waals surface area contributed by atoms with Crippen molar-refractivity contribution in [2.24, 2.45) is 5.16 Å². The van der Waals surface area contributed by atoms with Crippen molar-refractivity contribution in [3.8, 4) is 0 Å². The van der Waals surface area contributed by atoms with Gasteiger partial charge in [-0.3, -0.25) is 14.9 Å². The van der Waals surface area contributed by atoms with Crippen LogP contribution in [0, 0.1) is 10.1 Å². The number of oxime groups is 1. The minimum absolute atomic E-state index is 0.154. The van der Waals surface area contributed by atoms with E-state index in [0.717, 1.165) is 0 Å². The Kier molecular flexibility index (Phi) is 5.22. The maximum absolute atomic E-state index is 12.6. The predicted molar refractivity (Wildman–Crippen MR) is 101 cm³/mol. The van der Waals surface area contributed by atoms with Crippen molar-refractivity contribution in [2.45, 2.75) is 0 Å². The smallest absolute Gasteiger partial charge is 0.270 e. The van der Waals surface area contributed by atoms with Crippen molar-refractivity contribution in [3.63, 3.8) is 0 Å². The van der Waals surface area contributed by atoms with Gasteiger partial charge in [0, 0.05) is 28.8 Å². The number of benzene rings is 3. The van der Waals surface area contributed by atoms with Crippen LogP contribution in [0.3, 0.4) is 0 Å². The molecule has 134 valence electrons. The fourth-order valence-corrected chi connectivity index (χ4v) is 2.62. The molecule has 0 aliphatic rings. The minimum Gasteiger partial charge on any atom is -0.410 e. The second-order valence-corrected chi connectivity index (χ2v) is 5.62. The van der Waals surface area contributed by atoms with E-state index in [1.165, 1.54) is 24.3 Å². The van der Waals surface area contributed by atoms with Gasteiger partial charge in [0.2, 0.25) is 0 Å². The third-order valence-electron chi connectivity index (χ3n) is 3.90. The number of nitrogens with one attached hydrogen (secondary N) is 1. The molecule has 0 aromatic heterocycles. The number of anilines is 1. The summed E-state index contributed by atoms with van der Waals surface area (Å²) in [5, 5.41) is 26.5. The fourth-order valence-electron chi connectivity index (χ4n) is 2.62. The van der Waals surface area contributed by atoms with E-state index in [1.807, 2.05) is 18.2 Å². The topological polar surface area (TPSA) is 105 Å². The highest BCUT2D eigenvalue weighted by Crippen LogP contribution is 2.22. The van der Waals surface area contributed by atoms with E-state index in [2.05, 4.69) is 10.5 Å². The Morgan fingerprint density at radius 1 is 0.926 bits per heavy atom. The first-order chi connectivity index (χ1) is 13.1. The molecular weight excluding hydrogens is 346 g/mol. The second kappa shape index (κ2) is 7.92. The van der Waals surface area contributed by atoms with E-state index in [0.29, 0.717) is 22.5 Å². The lowest BCUT2D eigenvalue weighted by molar-refractivity contribution is -0.384. The number of rotatable bonds is 5. The average Bonchev–Trinajstić information content (AvgIpc) is 2.70. The Bertz CT molecular complexity index is 1020. The zero-order valence-electron chi connectivity index (χ0n) is 14.1. The van der Waals surface area contributed by atoms with Crippen molar-refractivity contribution in [1.29, 1.82) is 0 Å². The lowest BCUT2D eigenvalue weighted by atomic mass is 10.0. The molecule has 0 aliphatic carbocycles. The van der Waals surface area contributed by atoms with Crippen LogP contribution < -0.4 is 5.32 Å². The van der Waals surface area contributed by atoms with Gasteiger partial charge < -0.3 is 10.5 Å². The molecule has 7 heteroatoms. The van der Waals surface area contributed by atoms with Gasteiger partial charge in [-0.25, -0.2) is 0 Å². The third-order valence-corrected chi connectivity index (χ3v) is 3.90. The summed E-state index contributed by atoms with van der Waals surface area (Å²) < 4.78 is 0. The second-order valence-electron chi connectivity index (χ2n) is 5.62. The van der Waals surface area contributed by atoms with Crippen LogP contribution in [-0.4, -0.2) is 21.7 Å². The van der Waals surface area contributed by atoms with Gasteiger partial charge in [-0.05, 0) is 12.1 Å². The van der Waals surface area contributed by atoms with Gasteiger partial charge in [0.25, 0.3) is 11.6 Å². The molecule has 0 saturated heterocycles. The monoisotopic (exact) mass is 361 g/mol. The number of para-hydroxylation sites is 1. The maximum atomic E-state index is 12.6. The van der Waals surface area contributed by atoms with Crippen LogP contribution in [0.4, 0.5) is 11.4 Å². The molecule has 0 spiro atoms. The molecule has 0 saturated carbocycles. The molecule has 3 rings (SSSR count). The summed E-state index contributed by atoms with van der Waals surface area (Å²) in [6.07, 6.45) is 0. The first kappa shape index (κ1) is 17.8. The van der Waals surface area contributed by atoms with Gasteiger partial charge in [-0.2, -0.15) is 0 Å². The van der Waals surface area contributed by atoms with Crippen LogP contribution in [-0.2, 0) is 0 Å². The summed E-state index contributed by atoms with van der Waals surface area (Å²) in [5.41, 5.74) is 1.90. The number of nitro benzene ring substituents is 1. The first-order valence-electron chi connectivity index (χ1n) is 8.03. The SMILES string of the molecule is O=C(Nc1ccccc1C(=NO)c1ccccc1)c1cccc([N+](=O)[O-])c1. The Labute approximate surface area is 154 Å². The molecule has 1 amide bonds. The van der Waals surface area contributed by atoms with E-state index < -0.39 is 10.8 Å². The number of amides is 1. The zero-order valence-corrected chi connectivity index (χ0v) is 14.1. The van der Waals surface area contributed by atoms with Crippen LogP contribution in [0.25, 0.3) is 0 Å². The molecule has 0 unspecified atom stereocenters. The summed E-state index contributed by atoms with van der Waals surface area (Å²) >= 11 is 0. The molecular formula is C20H15N3O4. The summed E-state index contributed by atoms with van der Waals surface area (Å²) in [4.78, 5) is 22.9. The van der Waals surface area contributed by atoms with Crippen molar-refractivity contribution < 1.29 is 14.9 Å². The maximum Gasteiger partial charge on any atom is 0.270 e. The summed E-state index contributed by atoms with van der Waals surface area (Å²) in [5.74, 6) is -0.503. The van der Waals surface area contributed by atoms with Crippen LogP contribution in [0.5, 0.6) is 0 Å². The zero-order chi connectivity index (χ0) is 19.2. The highest BCUT2D eigenvalue weighted by molar-refractivity contribution is 6.17. The molecule has 3 aromatic carbocycles. The van der Waals surface area contributed by atoms with Gasteiger partial charge in [-0.15, -0.1) is 0 Å². The van der Waals surface area contributed by atoms with Gasteiger partial charge in [0.15, 0.2) is 0 Å². The Morgan fingerprint density at radius 2 is 1.59 bits per heavy atom. The summed E-state index contributed by atoms with van der Waals surface area (Å²) in [6.45, 7) is 0. The summed E-state index contributed by atoms with van der Waals surface area (Å²) in [6, 6.07) is 21.4. The van der Waals surface area contributed by atoms with Gasteiger partial charge in [0.1, 0.15) is 5.71 Å². The van der Waals surface area contributed by atoms with Crippen LogP contribution in [0.15, 0.2) is 84.0 Å².